The van der Waals surface area contributed by atoms with Crippen LogP contribution in [-0.4, -0.2) is 15.7 Å². The number of rotatable bonds is 7. The van der Waals surface area contributed by atoms with Crippen molar-refractivity contribution < 1.29 is 9.53 Å². The molecule has 4 aromatic rings. The predicted octanol–water partition coefficient (Wildman–Crippen LogP) is 6.97. The minimum atomic E-state index is -0.192. The van der Waals surface area contributed by atoms with E-state index in [1.54, 1.807) is 4.68 Å². The van der Waals surface area contributed by atoms with Crippen molar-refractivity contribution in [1.82, 2.24) is 9.78 Å². The molecule has 8 heteroatoms. The van der Waals surface area contributed by atoms with Gasteiger partial charge in [-0.05, 0) is 70.0 Å². The van der Waals surface area contributed by atoms with Gasteiger partial charge in [0.1, 0.15) is 12.4 Å². The molecule has 0 bridgehead atoms. The normalized spacial score (nSPS) is 10.9. The largest absolute Gasteiger partial charge is 0.488 e. The number of hydrogen-bond donors (Lipinski definition) is 1. The van der Waals surface area contributed by atoms with E-state index < -0.39 is 0 Å². The first-order chi connectivity index (χ1) is 15.4. The molecule has 0 saturated heterocycles. The second-order valence-electron chi connectivity index (χ2n) is 7.43. The topological polar surface area (TPSA) is 56.1 Å². The Morgan fingerprint density at radius 2 is 1.81 bits per heavy atom. The maximum absolute atomic E-state index is 12.8. The Hall–Kier alpha value is -2.42. The van der Waals surface area contributed by atoms with Gasteiger partial charge >= 0.3 is 0 Å². The fourth-order valence-corrected chi connectivity index (χ4v) is 4.73. The number of para-hydroxylation sites is 1. The molecule has 0 unspecified atom stereocenters. The fourth-order valence-electron chi connectivity index (χ4n) is 3.26. The summed E-state index contributed by atoms with van der Waals surface area (Å²) in [5.41, 5.74) is 4.28. The molecule has 0 spiro atoms. The molecule has 0 aliphatic rings. The summed E-state index contributed by atoms with van der Waals surface area (Å²) < 4.78 is 9.56. The number of nitrogens with one attached hydrogen (secondary N) is 1. The highest BCUT2D eigenvalue weighted by Gasteiger charge is 2.15. The molecule has 0 radical (unpaired) electrons. The van der Waals surface area contributed by atoms with Gasteiger partial charge in [-0.3, -0.25) is 9.48 Å². The van der Waals surface area contributed by atoms with E-state index in [0.29, 0.717) is 23.8 Å². The van der Waals surface area contributed by atoms with Crippen LogP contribution in [0.3, 0.4) is 0 Å². The van der Waals surface area contributed by atoms with Crippen LogP contribution in [0.1, 0.15) is 31.9 Å². The second-order valence-corrected chi connectivity index (χ2v) is 10.1. The Bertz CT molecular complexity index is 1230. The molecule has 0 aliphatic heterocycles. The number of ether oxygens (including phenoxy) is 1. The monoisotopic (exact) mass is 573 g/mol. The van der Waals surface area contributed by atoms with Gasteiger partial charge in [-0.1, -0.05) is 46.3 Å². The number of halogens is 2. The lowest BCUT2D eigenvalue weighted by molar-refractivity contribution is 0.103. The average Bonchev–Trinajstić information content (AvgIpc) is 3.36. The van der Waals surface area contributed by atoms with Crippen LogP contribution in [0.5, 0.6) is 5.75 Å². The van der Waals surface area contributed by atoms with Gasteiger partial charge in [0.25, 0.3) is 5.91 Å². The lowest BCUT2D eigenvalue weighted by Gasteiger charge is -2.10. The summed E-state index contributed by atoms with van der Waals surface area (Å²) in [7, 11) is 0. The number of carbonyl (C=O) groups excluding carboxylic acids is 1. The summed E-state index contributed by atoms with van der Waals surface area (Å²) in [4.78, 5) is 13.4. The molecule has 164 valence electrons. The highest BCUT2D eigenvalue weighted by Crippen LogP contribution is 2.26. The SMILES string of the molecule is Cc1cccc(C)c1OCc1csc(C(=O)Nc2nn(Cc3ccc(Br)cc3)cc2Br)c1. The third kappa shape index (κ3) is 5.49. The Morgan fingerprint density at radius 1 is 1.09 bits per heavy atom. The van der Waals surface area contributed by atoms with Gasteiger partial charge in [0.2, 0.25) is 0 Å². The van der Waals surface area contributed by atoms with Crippen molar-refractivity contribution in [3.63, 3.8) is 0 Å². The zero-order chi connectivity index (χ0) is 22.7. The van der Waals surface area contributed by atoms with Crippen LogP contribution in [0.25, 0.3) is 0 Å². The molecule has 0 fully saturated rings. The van der Waals surface area contributed by atoms with Gasteiger partial charge in [0.15, 0.2) is 5.82 Å². The number of hydrogen-bond acceptors (Lipinski definition) is 4. The van der Waals surface area contributed by atoms with E-state index in [4.69, 9.17) is 4.74 Å². The average molecular weight is 575 g/mol. The Kier molecular flexibility index (Phi) is 7.13. The van der Waals surface area contributed by atoms with Crippen LogP contribution >= 0.6 is 43.2 Å². The summed E-state index contributed by atoms with van der Waals surface area (Å²) in [6.45, 7) is 5.09. The number of aromatic nitrogens is 2. The number of carbonyl (C=O) groups is 1. The quantitative estimate of drug-likeness (QED) is 0.259. The summed E-state index contributed by atoms with van der Waals surface area (Å²) in [5.74, 6) is 1.20. The van der Waals surface area contributed by atoms with Crippen molar-refractivity contribution in [1.29, 1.82) is 0 Å². The van der Waals surface area contributed by atoms with E-state index in [1.807, 2.05) is 74.0 Å². The second kappa shape index (κ2) is 10.0. The third-order valence-corrected chi connectivity index (χ3v) is 6.96. The van der Waals surface area contributed by atoms with E-state index in [-0.39, 0.29) is 5.91 Å². The van der Waals surface area contributed by atoms with Crippen molar-refractivity contribution in [3.8, 4) is 5.75 Å². The van der Waals surface area contributed by atoms with Gasteiger partial charge in [-0.25, -0.2) is 0 Å². The first-order valence-corrected chi connectivity index (χ1v) is 12.4. The van der Waals surface area contributed by atoms with Gasteiger partial charge in [0, 0.05) is 16.2 Å². The van der Waals surface area contributed by atoms with Crippen molar-refractivity contribution in [2.24, 2.45) is 0 Å². The fraction of sp³-hybridized carbons (Fsp3) is 0.167. The van der Waals surface area contributed by atoms with Gasteiger partial charge in [-0.15, -0.1) is 11.3 Å². The third-order valence-electron chi connectivity index (χ3n) is 4.88. The predicted molar refractivity (Wildman–Crippen MR) is 136 cm³/mol. The van der Waals surface area contributed by atoms with Gasteiger partial charge < -0.3 is 10.1 Å². The highest BCUT2D eigenvalue weighted by molar-refractivity contribution is 9.10. The minimum Gasteiger partial charge on any atom is -0.488 e. The maximum Gasteiger partial charge on any atom is 0.266 e. The molecule has 1 amide bonds. The van der Waals surface area contributed by atoms with Crippen LogP contribution in [0.15, 0.2) is 69.1 Å². The van der Waals surface area contributed by atoms with Gasteiger partial charge in [0.05, 0.1) is 15.9 Å². The van der Waals surface area contributed by atoms with Crippen LogP contribution < -0.4 is 10.1 Å². The molecular formula is C24H21Br2N3O2S. The molecular weight excluding hydrogens is 554 g/mol. The van der Waals surface area contributed by atoms with E-state index in [2.05, 4.69) is 42.3 Å². The molecule has 2 aromatic heterocycles. The molecule has 0 atom stereocenters. The van der Waals surface area contributed by atoms with Crippen LogP contribution in [0, 0.1) is 13.8 Å². The van der Waals surface area contributed by atoms with Crippen molar-refractivity contribution in [2.75, 3.05) is 5.32 Å². The molecule has 2 heterocycles. The zero-order valence-corrected chi connectivity index (χ0v) is 21.6. The highest BCUT2D eigenvalue weighted by atomic mass is 79.9. The molecule has 4 rings (SSSR count). The zero-order valence-electron chi connectivity index (χ0n) is 17.6. The van der Waals surface area contributed by atoms with E-state index in [1.165, 1.54) is 11.3 Å². The molecule has 1 N–H and O–H groups in total. The number of amides is 1. The summed E-state index contributed by atoms with van der Waals surface area (Å²) in [6.07, 6.45) is 1.86. The number of thiophene rings is 1. The number of anilines is 1. The molecule has 32 heavy (non-hydrogen) atoms. The van der Waals surface area contributed by atoms with E-state index >= 15 is 0 Å². The van der Waals surface area contributed by atoms with E-state index in [9.17, 15) is 4.79 Å². The molecule has 0 saturated carbocycles. The van der Waals surface area contributed by atoms with Crippen LogP contribution in [0.2, 0.25) is 0 Å². The number of benzene rings is 2. The summed E-state index contributed by atoms with van der Waals surface area (Å²) in [5, 5.41) is 9.34. The first-order valence-electron chi connectivity index (χ1n) is 9.94. The molecule has 0 aliphatic carbocycles. The lowest BCUT2D eigenvalue weighted by Crippen LogP contribution is -2.11. The smallest absolute Gasteiger partial charge is 0.266 e. The standard InChI is InChI=1S/C24H21Br2N3O2S/c1-15-4-3-5-16(2)22(15)31-13-18-10-21(32-14-18)24(30)27-23-20(26)12-29(28-23)11-17-6-8-19(25)9-7-17/h3-10,12,14H,11,13H2,1-2H3,(H,27,28,30). The van der Waals surface area contributed by atoms with Crippen LogP contribution in [-0.2, 0) is 13.2 Å². The Labute approximate surface area is 207 Å². The summed E-state index contributed by atoms with van der Waals surface area (Å²) >= 11 is 8.32. The van der Waals surface area contributed by atoms with Crippen molar-refractivity contribution in [3.05, 3.63) is 96.2 Å². The molecule has 2 aromatic carbocycles. The lowest BCUT2D eigenvalue weighted by atomic mass is 10.1. The van der Waals surface area contributed by atoms with Crippen molar-refractivity contribution >= 4 is 54.9 Å². The minimum absolute atomic E-state index is 0.192. The summed E-state index contributed by atoms with van der Waals surface area (Å²) in [6, 6.07) is 16.0. The Morgan fingerprint density at radius 3 is 2.53 bits per heavy atom. The van der Waals surface area contributed by atoms with E-state index in [0.717, 1.165) is 36.9 Å². The van der Waals surface area contributed by atoms with Gasteiger partial charge in [-0.2, -0.15) is 5.10 Å². The number of nitrogens with zero attached hydrogens (tertiary/aromatic N) is 2. The Balaban J connectivity index is 1.39. The van der Waals surface area contributed by atoms with Crippen LogP contribution in [0.4, 0.5) is 5.82 Å². The molecule has 5 nitrogen and oxygen atoms in total. The number of aryl methyl sites for hydroxylation is 2. The van der Waals surface area contributed by atoms with Crippen molar-refractivity contribution in [2.45, 2.75) is 27.0 Å². The first kappa shape index (κ1) is 22.8. The maximum atomic E-state index is 12.8.